The summed E-state index contributed by atoms with van der Waals surface area (Å²) in [5.41, 5.74) is 2.53. The van der Waals surface area contributed by atoms with E-state index in [0.717, 1.165) is 18.7 Å². The summed E-state index contributed by atoms with van der Waals surface area (Å²) in [6, 6.07) is 2.33. The molecule has 1 N–H and O–H groups in total. The first kappa shape index (κ1) is 15.3. The number of furan rings is 1. The minimum absolute atomic E-state index is 0.119. The van der Waals surface area contributed by atoms with Crippen LogP contribution in [0.1, 0.15) is 55.8 Å². The van der Waals surface area contributed by atoms with Gasteiger partial charge in [0.2, 0.25) is 0 Å². The predicted molar refractivity (Wildman–Crippen MR) is 84.4 cm³/mol. The molecule has 0 bridgehead atoms. The van der Waals surface area contributed by atoms with Gasteiger partial charge in [0.25, 0.3) is 0 Å². The number of thiazole rings is 1. The van der Waals surface area contributed by atoms with E-state index in [0.29, 0.717) is 0 Å². The first-order valence-corrected chi connectivity index (χ1v) is 8.02. The third-order valence-electron chi connectivity index (χ3n) is 3.42. The van der Waals surface area contributed by atoms with Crippen molar-refractivity contribution in [3.63, 3.8) is 0 Å². The molecule has 0 aliphatic heterocycles. The summed E-state index contributed by atoms with van der Waals surface area (Å²) in [6.07, 6.45) is 2.67. The van der Waals surface area contributed by atoms with Crippen LogP contribution in [0.15, 0.2) is 22.1 Å². The minimum atomic E-state index is 0.119. The van der Waals surface area contributed by atoms with Crippen molar-refractivity contribution < 1.29 is 4.42 Å². The number of nitrogens with zero attached hydrogens (tertiary/aromatic N) is 1. The van der Waals surface area contributed by atoms with E-state index in [9.17, 15) is 0 Å². The van der Waals surface area contributed by atoms with Crippen LogP contribution in [0.4, 0.5) is 0 Å². The molecule has 2 aromatic rings. The highest BCUT2D eigenvalue weighted by Crippen LogP contribution is 2.28. The van der Waals surface area contributed by atoms with Gasteiger partial charge in [-0.15, -0.1) is 11.3 Å². The van der Waals surface area contributed by atoms with Crippen LogP contribution in [0, 0.1) is 6.92 Å². The van der Waals surface area contributed by atoms with Crippen molar-refractivity contribution in [2.75, 3.05) is 6.54 Å². The van der Waals surface area contributed by atoms with E-state index in [1.54, 1.807) is 17.6 Å². The Kier molecular flexibility index (Phi) is 4.66. The molecule has 0 spiro atoms. The van der Waals surface area contributed by atoms with Crippen LogP contribution in [0.3, 0.4) is 0 Å². The van der Waals surface area contributed by atoms with E-state index in [1.807, 2.05) is 6.92 Å². The average Bonchev–Trinajstić information content (AvgIpc) is 2.96. The number of rotatable bonds is 5. The van der Waals surface area contributed by atoms with E-state index >= 15 is 0 Å². The number of nitrogens with one attached hydrogen (secondary N) is 1. The van der Waals surface area contributed by atoms with E-state index in [1.165, 1.54) is 16.3 Å². The normalized spacial score (nSPS) is 13.7. The summed E-state index contributed by atoms with van der Waals surface area (Å²) >= 11 is 1.75. The van der Waals surface area contributed by atoms with Gasteiger partial charge in [0.05, 0.1) is 17.0 Å². The highest BCUT2D eigenvalue weighted by Gasteiger charge is 2.20. The fraction of sp³-hybridized carbons (Fsp3) is 0.562. The van der Waals surface area contributed by atoms with Crippen LogP contribution < -0.4 is 5.32 Å². The topological polar surface area (TPSA) is 38.1 Å². The van der Waals surface area contributed by atoms with Crippen molar-refractivity contribution in [3.8, 4) is 0 Å². The van der Waals surface area contributed by atoms with Crippen LogP contribution >= 0.6 is 11.3 Å². The van der Waals surface area contributed by atoms with Crippen molar-refractivity contribution in [1.82, 2.24) is 10.3 Å². The Labute approximate surface area is 125 Å². The molecule has 2 aromatic heterocycles. The van der Waals surface area contributed by atoms with Crippen LogP contribution in [-0.2, 0) is 11.8 Å². The lowest BCUT2D eigenvalue weighted by atomic mass is 9.93. The molecular weight excluding hydrogens is 268 g/mol. The smallest absolute Gasteiger partial charge is 0.105 e. The minimum Gasteiger partial charge on any atom is -0.469 e. The van der Waals surface area contributed by atoms with Crippen LogP contribution in [0.5, 0.6) is 0 Å². The number of hydrogen-bond acceptors (Lipinski definition) is 4. The van der Waals surface area contributed by atoms with Crippen molar-refractivity contribution in [2.45, 2.75) is 52.5 Å². The molecule has 0 saturated heterocycles. The van der Waals surface area contributed by atoms with Gasteiger partial charge in [-0.05, 0) is 19.5 Å². The van der Waals surface area contributed by atoms with E-state index < -0.39 is 0 Å². The van der Waals surface area contributed by atoms with Gasteiger partial charge in [-0.25, -0.2) is 4.98 Å². The highest BCUT2D eigenvalue weighted by atomic mass is 32.1. The van der Waals surface area contributed by atoms with Gasteiger partial charge in [0.15, 0.2) is 0 Å². The molecule has 0 aliphatic rings. The van der Waals surface area contributed by atoms with Crippen LogP contribution in [0.25, 0.3) is 0 Å². The van der Waals surface area contributed by atoms with E-state index in [-0.39, 0.29) is 11.5 Å². The maximum Gasteiger partial charge on any atom is 0.105 e. The summed E-state index contributed by atoms with van der Waals surface area (Å²) in [5.74, 6) is 0.989. The molecule has 3 nitrogen and oxygen atoms in total. The van der Waals surface area contributed by atoms with E-state index in [2.05, 4.69) is 44.5 Å². The van der Waals surface area contributed by atoms with Gasteiger partial charge in [-0.3, -0.25) is 0 Å². The van der Waals surface area contributed by atoms with Crippen LogP contribution in [-0.4, -0.2) is 11.5 Å². The first-order valence-electron chi connectivity index (χ1n) is 7.14. The number of aryl methyl sites for hydroxylation is 1. The summed E-state index contributed by atoms with van der Waals surface area (Å²) in [4.78, 5) is 4.79. The standard InChI is InChI=1S/C16H24N2OS/c1-6-17-13(12-7-8-19-11(12)2)9-15-18-14(10-20-15)16(3,4)5/h7-8,10,13,17H,6,9H2,1-5H3. The fourth-order valence-corrected chi connectivity index (χ4v) is 3.29. The van der Waals surface area contributed by atoms with E-state index in [4.69, 9.17) is 9.40 Å². The fourth-order valence-electron chi connectivity index (χ4n) is 2.22. The van der Waals surface area contributed by atoms with Crippen molar-refractivity contribution in [1.29, 1.82) is 0 Å². The van der Waals surface area contributed by atoms with Gasteiger partial charge in [-0.1, -0.05) is 27.7 Å². The largest absolute Gasteiger partial charge is 0.469 e. The Bertz CT molecular complexity index is 551. The molecule has 110 valence electrons. The summed E-state index contributed by atoms with van der Waals surface area (Å²) in [5, 5.41) is 6.89. The number of aromatic nitrogens is 1. The lowest BCUT2D eigenvalue weighted by Crippen LogP contribution is -2.23. The molecule has 2 rings (SSSR count). The molecule has 0 amide bonds. The van der Waals surface area contributed by atoms with Gasteiger partial charge in [-0.2, -0.15) is 0 Å². The molecule has 0 aliphatic carbocycles. The lowest BCUT2D eigenvalue weighted by molar-refractivity contribution is 0.500. The molecule has 0 radical (unpaired) electrons. The van der Waals surface area contributed by atoms with Gasteiger partial charge in [0, 0.05) is 28.8 Å². The molecule has 0 fully saturated rings. The molecule has 0 aromatic carbocycles. The molecule has 1 atom stereocenters. The Morgan fingerprint density at radius 1 is 1.40 bits per heavy atom. The Balaban J connectivity index is 2.17. The zero-order chi connectivity index (χ0) is 14.8. The van der Waals surface area contributed by atoms with Crippen molar-refractivity contribution in [3.05, 3.63) is 39.7 Å². The van der Waals surface area contributed by atoms with Crippen molar-refractivity contribution >= 4 is 11.3 Å². The molecule has 20 heavy (non-hydrogen) atoms. The summed E-state index contributed by atoms with van der Waals surface area (Å²) < 4.78 is 5.43. The summed E-state index contributed by atoms with van der Waals surface area (Å²) in [7, 11) is 0. The molecule has 1 unspecified atom stereocenters. The third-order valence-corrected chi connectivity index (χ3v) is 4.29. The second-order valence-corrected chi connectivity index (χ2v) is 7.07. The maximum atomic E-state index is 5.43. The third kappa shape index (κ3) is 3.49. The second kappa shape index (κ2) is 6.10. The van der Waals surface area contributed by atoms with Crippen LogP contribution in [0.2, 0.25) is 0 Å². The second-order valence-electron chi connectivity index (χ2n) is 6.12. The molecular formula is C16H24N2OS. The monoisotopic (exact) mass is 292 g/mol. The number of hydrogen-bond donors (Lipinski definition) is 1. The molecule has 0 saturated carbocycles. The van der Waals surface area contributed by atoms with Gasteiger partial charge >= 0.3 is 0 Å². The highest BCUT2D eigenvalue weighted by molar-refractivity contribution is 7.09. The molecule has 2 heterocycles. The molecule has 4 heteroatoms. The zero-order valence-corrected chi connectivity index (χ0v) is 13.8. The number of likely N-dealkylation sites (N-methyl/N-ethyl adjacent to an activating group) is 1. The zero-order valence-electron chi connectivity index (χ0n) is 13.0. The predicted octanol–water partition coefficient (Wildman–Crippen LogP) is 4.24. The van der Waals surface area contributed by atoms with Gasteiger partial charge < -0.3 is 9.73 Å². The SMILES string of the molecule is CCNC(Cc1nc(C(C)(C)C)cs1)c1ccoc1C. The Morgan fingerprint density at radius 3 is 2.65 bits per heavy atom. The van der Waals surface area contributed by atoms with Gasteiger partial charge in [0.1, 0.15) is 5.76 Å². The van der Waals surface area contributed by atoms with Crippen molar-refractivity contribution in [2.24, 2.45) is 0 Å². The first-order chi connectivity index (χ1) is 9.41. The lowest BCUT2D eigenvalue weighted by Gasteiger charge is -2.17. The Morgan fingerprint density at radius 2 is 2.15 bits per heavy atom. The summed E-state index contributed by atoms with van der Waals surface area (Å²) in [6.45, 7) is 11.7. The Hall–Kier alpha value is -1.13. The average molecular weight is 292 g/mol. The quantitative estimate of drug-likeness (QED) is 0.896. The maximum absolute atomic E-state index is 5.43.